The molecule has 2 aromatic heterocycles. The van der Waals surface area contributed by atoms with E-state index in [1.165, 1.54) is 0 Å². The average Bonchev–Trinajstić information content (AvgIpc) is 3.20. The molecule has 1 amide bonds. The van der Waals surface area contributed by atoms with Crippen molar-refractivity contribution in [2.24, 2.45) is 0 Å². The van der Waals surface area contributed by atoms with Gasteiger partial charge in [-0.25, -0.2) is 0 Å². The molecule has 0 saturated carbocycles. The fourth-order valence-corrected chi connectivity index (χ4v) is 3.27. The van der Waals surface area contributed by atoms with Gasteiger partial charge in [-0.15, -0.1) is 0 Å². The Bertz CT molecular complexity index is 1180. The lowest BCUT2D eigenvalue weighted by Crippen LogP contribution is -2.23. The Hall–Kier alpha value is -3.51. The quantitative estimate of drug-likeness (QED) is 0.452. The van der Waals surface area contributed by atoms with Crippen LogP contribution in [0, 0.1) is 0 Å². The summed E-state index contributed by atoms with van der Waals surface area (Å²) in [4.78, 5) is 19.6. The number of aromatic amines is 1. The third kappa shape index (κ3) is 4.55. The number of methoxy groups -OCH3 is 1. The lowest BCUT2D eigenvalue weighted by atomic mass is 10.2. The number of H-pyrrole nitrogens is 1. The highest BCUT2D eigenvalue weighted by molar-refractivity contribution is 6.31. The number of aromatic nitrogens is 2. The average molecular weight is 422 g/mol. The van der Waals surface area contributed by atoms with Crippen molar-refractivity contribution in [3.05, 3.63) is 88.8 Å². The number of benzene rings is 2. The molecule has 4 rings (SSSR count). The Morgan fingerprint density at radius 3 is 2.67 bits per heavy atom. The van der Waals surface area contributed by atoms with Gasteiger partial charge in [0.05, 0.1) is 7.11 Å². The second kappa shape index (κ2) is 8.88. The van der Waals surface area contributed by atoms with Crippen molar-refractivity contribution < 1.29 is 14.3 Å². The van der Waals surface area contributed by atoms with E-state index in [0.29, 0.717) is 35.4 Å². The second-order valence-electron chi connectivity index (χ2n) is 6.73. The Balaban J connectivity index is 1.40. The SMILES string of the molecule is COc1cc(CNC(=O)c2cc3cc(Cl)ccc3[nH]2)ccc1OCc1ccncc1. The molecular formula is C23H20ClN3O3. The fourth-order valence-electron chi connectivity index (χ4n) is 3.08. The van der Waals surface area contributed by atoms with Gasteiger partial charge in [0.15, 0.2) is 11.5 Å². The summed E-state index contributed by atoms with van der Waals surface area (Å²) in [5, 5.41) is 4.44. The van der Waals surface area contributed by atoms with Crippen LogP contribution in [-0.4, -0.2) is 23.0 Å². The molecule has 2 heterocycles. The van der Waals surface area contributed by atoms with Gasteiger partial charge < -0.3 is 19.8 Å². The van der Waals surface area contributed by atoms with Crippen molar-refractivity contribution in [3.63, 3.8) is 0 Å². The molecule has 0 radical (unpaired) electrons. The van der Waals surface area contributed by atoms with Gasteiger partial charge in [-0.05, 0) is 59.7 Å². The number of carbonyl (C=O) groups is 1. The number of halogens is 1. The lowest BCUT2D eigenvalue weighted by molar-refractivity contribution is 0.0946. The molecular weight excluding hydrogens is 402 g/mol. The van der Waals surface area contributed by atoms with E-state index < -0.39 is 0 Å². The monoisotopic (exact) mass is 421 g/mol. The highest BCUT2D eigenvalue weighted by Gasteiger charge is 2.11. The van der Waals surface area contributed by atoms with Crippen LogP contribution in [0.3, 0.4) is 0 Å². The summed E-state index contributed by atoms with van der Waals surface area (Å²) in [6.07, 6.45) is 3.45. The second-order valence-corrected chi connectivity index (χ2v) is 7.16. The summed E-state index contributed by atoms with van der Waals surface area (Å²) in [5.41, 5.74) is 3.26. The molecule has 0 bridgehead atoms. The first kappa shape index (κ1) is 19.8. The number of ether oxygens (including phenoxy) is 2. The summed E-state index contributed by atoms with van der Waals surface area (Å²) in [7, 11) is 1.59. The minimum absolute atomic E-state index is 0.195. The fraction of sp³-hybridized carbons (Fsp3) is 0.130. The summed E-state index contributed by atoms with van der Waals surface area (Å²) in [6.45, 7) is 0.773. The van der Waals surface area contributed by atoms with E-state index >= 15 is 0 Å². The number of amides is 1. The Morgan fingerprint density at radius 1 is 1.03 bits per heavy atom. The van der Waals surface area contributed by atoms with Crippen LogP contribution in [0.25, 0.3) is 10.9 Å². The molecule has 30 heavy (non-hydrogen) atoms. The highest BCUT2D eigenvalue weighted by atomic mass is 35.5. The van der Waals surface area contributed by atoms with Crippen LogP contribution in [0.15, 0.2) is 67.0 Å². The molecule has 0 aliphatic heterocycles. The molecule has 0 aliphatic rings. The van der Waals surface area contributed by atoms with E-state index in [1.54, 1.807) is 31.6 Å². The largest absolute Gasteiger partial charge is 0.493 e. The van der Waals surface area contributed by atoms with Crippen LogP contribution in [-0.2, 0) is 13.2 Å². The molecule has 0 saturated heterocycles. The maximum Gasteiger partial charge on any atom is 0.267 e. The summed E-state index contributed by atoms with van der Waals surface area (Å²) >= 11 is 6.01. The van der Waals surface area contributed by atoms with Crippen LogP contribution < -0.4 is 14.8 Å². The molecule has 0 atom stereocenters. The number of nitrogens with zero attached hydrogens (tertiary/aromatic N) is 1. The normalized spacial score (nSPS) is 10.7. The van der Waals surface area contributed by atoms with Gasteiger partial charge >= 0.3 is 0 Å². The molecule has 0 unspecified atom stereocenters. The first-order chi connectivity index (χ1) is 14.6. The van der Waals surface area contributed by atoms with Gasteiger partial charge in [-0.3, -0.25) is 9.78 Å². The third-order valence-corrected chi connectivity index (χ3v) is 4.89. The Kier molecular flexibility index (Phi) is 5.86. The van der Waals surface area contributed by atoms with Crippen LogP contribution in [0.5, 0.6) is 11.5 Å². The number of nitrogens with one attached hydrogen (secondary N) is 2. The Labute approximate surface area is 178 Å². The van der Waals surface area contributed by atoms with Crippen LogP contribution in [0.1, 0.15) is 21.6 Å². The van der Waals surface area contributed by atoms with Crippen molar-refractivity contribution in [2.75, 3.05) is 7.11 Å². The first-order valence-corrected chi connectivity index (χ1v) is 9.75. The summed E-state index contributed by atoms with van der Waals surface area (Å²) in [5.74, 6) is 1.05. The van der Waals surface area contributed by atoms with Crippen molar-refractivity contribution >= 4 is 28.4 Å². The Morgan fingerprint density at radius 2 is 1.87 bits per heavy atom. The zero-order chi connectivity index (χ0) is 20.9. The van der Waals surface area contributed by atoms with Gasteiger partial charge in [-0.1, -0.05) is 17.7 Å². The molecule has 152 valence electrons. The van der Waals surface area contributed by atoms with Crippen LogP contribution in [0.4, 0.5) is 0 Å². The summed E-state index contributed by atoms with van der Waals surface area (Å²) in [6, 6.07) is 16.6. The van der Waals surface area contributed by atoms with E-state index in [2.05, 4.69) is 15.3 Å². The number of hydrogen-bond acceptors (Lipinski definition) is 4. The standard InChI is InChI=1S/C23H20ClN3O3/c1-29-22-10-16(2-5-21(22)30-14-15-6-8-25-9-7-15)13-26-23(28)20-12-17-11-18(24)3-4-19(17)27-20/h2-12,27H,13-14H2,1H3,(H,26,28). The first-order valence-electron chi connectivity index (χ1n) is 9.37. The van der Waals surface area contributed by atoms with Gasteiger partial charge in [0.1, 0.15) is 12.3 Å². The molecule has 2 aromatic carbocycles. The predicted octanol–water partition coefficient (Wildman–Crippen LogP) is 4.73. The highest BCUT2D eigenvalue weighted by Crippen LogP contribution is 2.29. The number of carbonyl (C=O) groups excluding carboxylic acids is 1. The lowest BCUT2D eigenvalue weighted by Gasteiger charge is -2.12. The van der Waals surface area contributed by atoms with E-state index in [-0.39, 0.29) is 5.91 Å². The smallest absolute Gasteiger partial charge is 0.267 e. The zero-order valence-corrected chi connectivity index (χ0v) is 17.1. The maximum atomic E-state index is 12.5. The van der Waals surface area contributed by atoms with E-state index in [0.717, 1.165) is 22.0 Å². The molecule has 6 nitrogen and oxygen atoms in total. The van der Waals surface area contributed by atoms with Crippen LogP contribution in [0.2, 0.25) is 5.02 Å². The topological polar surface area (TPSA) is 76.2 Å². The van der Waals surface area contributed by atoms with Crippen molar-refractivity contribution in [1.29, 1.82) is 0 Å². The minimum atomic E-state index is -0.195. The molecule has 0 fully saturated rings. The zero-order valence-electron chi connectivity index (χ0n) is 16.3. The van der Waals surface area contributed by atoms with E-state index in [4.69, 9.17) is 21.1 Å². The molecule has 2 N–H and O–H groups in total. The third-order valence-electron chi connectivity index (χ3n) is 4.65. The van der Waals surface area contributed by atoms with Crippen molar-refractivity contribution in [2.45, 2.75) is 13.2 Å². The number of pyridine rings is 1. The molecule has 4 aromatic rings. The number of rotatable bonds is 7. The van der Waals surface area contributed by atoms with Crippen molar-refractivity contribution in [3.8, 4) is 11.5 Å². The van der Waals surface area contributed by atoms with E-state index in [1.807, 2.05) is 42.5 Å². The molecule has 0 aliphatic carbocycles. The minimum Gasteiger partial charge on any atom is -0.493 e. The summed E-state index contributed by atoms with van der Waals surface area (Å²) < 4.78 is 11.3. The van der Waals surface area contributed by atoms with Crippen molar-refractivity contribution in [1.82, 2.24) is 15.3 Å². The predicted molar refractivity (Wildman–Crippen MR) is 116 cm³/mol. The van der Waals surface area contributed by atoms with Gasteiger partial charge in [0.25, 0.3) is 5.91 Å². The van der Waals surface area contributed by atoms with Gasteiger partial charge in [0, 0.05) is 34.9 Å². The maximum absolute atomic E-state index is 12.5. The van der Waals surface area contributed by atoms with E-state index in [9.17, 15) is 4.79 Å². The number of fused-ring (bicyclic) bond motifs is 1. The van der Waals surface area contributed by atoms with Crippen LogP contribution >= 0.6 is 11.6 Å². The number of hydrogen-bond donors (Lipinski definition) is 2. The van der Waals surface area contributed by atoms with Gasteiger partial charge in [-0.2, -0.15) is 0 Å². The molecule has 0 spiro atoms. The molecule has 7 heteroatoms. The van der Waals surface area contributed by atoms with Gasteiger partial charge in [0.2, 0.25) is 0 Å².